The molecule has 0 aliphatic carbocycles. The quantitative estimate of drug-likeness (QED) is 0.0161. The number of aryl methyl sites for hydroxylation is 1. The molecule has 0 atom stereocenters. The molecule has 0 amide bonds. The summed E-state index contributed by atoms with van der Waals surface area (Å²) in [5.41, 5.74) is -6.81. The number of benzene rings is 9. The van der Waals surface area contributed by atoms with Gasteiger partial charge in [-0.05, 0) is 77.2 Å². The molecule has 0 spiro atoms. The van der Waals surface area contributed by atoms with Crippen molar-refractivity contribution in [3.63, 3.8) is 0 Å². The maximum atomic E-state index is 17.3. The average molecular weight is 1490 g/mol. The van der Waals surface area contributed by atoms with Crippen LogP contribution in [0.4, 0.5) is 93.5 Å². The lowest BCUT2D eigenvalue weighted by molar-refractivity contribution is 0.448. The number of halogens is 20. The Bertz CT molecular complexity index is 3960. The summed E-state index contributed by atoms with van der Waals surface area (Å²) >= 11 is 0. The third-order valence-electron chi connectivity index (χ3n) is 20.7. The van der Waals surface area contributed by atoms with Crippen LogP contribution in [0, 0.1) is 123 Å². The molecule has 0 saturated carbocycles. The molecule has 0 aliphatic heterocycles. The van der Waals surface area contributed by atoms with E-state index in [1.54, 1.807) is 0 Å². The number of para-hydroxylation sites is 1. The van der Waals surface area contributed by atoms with E-state index < -0.39 is 187 Å². The summed E-state index contributed by atoms with van der Waals surface area (Å²) < 4.78 is 318. The highest BCUT2D eigenvalue weighted by Gasteiger charge is 2.49. The molecule has 22 heteroatoms. The lowest BCUT2D eigenvalue weighted by atomic mass is 9.11. The second-order valence-corrected chi connectivity index (χ2v) is 27.8. The minimum atomic E-state index is -6.29. The van der Waals surface area contributed by atoms with Crippen LogP contribution in [0.25, 0.3) is 43.1 Å². The Morgan fingerprint density at radius 3 is 0.657 bits per heavy atom. The molecule has 9 aromatic carbocycles. The zero-order valence-electron chi connectivity index (χ0n) is 59.6. The largest absolute Gasteiger partial charge is 0.371 e. The minimum absolute atomic E-state index is 0.0220. The van der Waals surface area contributed by atoms with Crippen molar-refractivity contribution >= 4 is 76.8 Å². The molecule has 0 aliphatic rings. The van der Waals surface area contributed by atoms with Crippen molar-refractivity contribution in [1.29, 1.82) is 0 Å². The van der Waals surface area contributed by atoms with Crippen molar-refractivity contribution in [2.45, 2.75) is 226 Å². The molecule has 570 valence electrons. The average Bonchev–Trinajstić information content (AvgIpc) is 0.669. The van der Waals surface area contributed by atoms with Crippen molar-refractivity contribution < 1.29 is 87.8 Å². The predicted octanol–water partition coefficient (Wildman–Crippen LogP) is 25.8. The van der Waals surface area contributed by atoms with Gasteiger partial charge in [0, 0.05) is 18.8 Å². The number of nitrogens with zero attached hydrogens (tertiary/aromatic N) is 1. The number of rotatable bonds is 39. The van der Waals surface area contributed by atoms with Gasteiger partial charge in [-0.1, -0.05) is 249 Å². The monoisotopic (exact) mass is 1490 g/mol. The Morgan fingerprint density at radius 2 is 0.438 bits per heavy atom. The molecule has 105 heavy (non-hydrogen) atoms. The van der Waals surface area contributed by atoms with Crippen LogP contribution in [-0.4, -0.2) is 19.2 Å². The molecular formula is C83H89BF20N-. The molecule has 0 heterocycles. The van der Waals surface area contributed by atoms with E-state index in [1.807, 2.05) is 0 Å². The summed E-state index contributed by atoms with van der Waals surface area (Å²) in [6, 6.07) is 8.59. The number of hydrogen-bond donors (Lipinski definition) is 0. The van der Waals surface area contributed by atoms with Crippen molar-refractivity contribution in [3.8, 4) is 0 Å². The van der Waals surface area contributed by atoms with E-state index in [4.69, 9.17) is 0 Å². The Balaban J connectivity index is 0.000000282. The highest BCUT2D eigenvalue weighted by Crippen LogP contribution is 2.39. The molecule has 0 bridgehead atoms. The van der Waals surface area contributed by atoms with Crippen molar-refractivity contribution in [2.24, 2.45) is 0 Å². The van der Waals surface area contributed by atoms with Gasteiger partial charge in [0.2, 0.25) is 0 Å². The second-order valence-electron chi connectivity index (χ2n) is 27.8. The first-order valence-corrected chi connectivity index (χ1v) is 37.2. The molecule has 9 aromatic rings. The van der Waals surface area contributed by atoms with Crippen LogP contribution in [0.1, 0.15) is 225 Å². The first-order chi connectivity index (χ1) is 50.4. The third-order valence-corrected chi connectivity index (χ3v) is 20.7. The van der Waals surface area contributed by atoms with Gasteiger partial charge in [-0.15, -0.1) is 21.9 Å². The fraction of sp³-hybridized carbons (Fsp3) is 0.446. The fourth-order valence-corrected chi connectivity index (χ4v) is 15.3. The van der Waals surface area contributed by atoms with Crippen LogP contribution < -0.4 is 26.8 Å². The fourth-order valence-electron chi connectivity index (χ4n) is 15.3. The summed E-state index contributed by atoms with van der Waals surface area (Å²) in [6.07, 6.45) is 39.9. The van der Waals surface area contributed by atoms with Crippen LogP contribution >= 0.6 is 0 Å². The van der Waals surface area contributed by atoms with E-state index in [-0.39, 0.29) is 48.5 Å². The maximum Gasteiger partial charge on any atom is 0.191 e. The van der Waals surface area contributed by atoms with Gasteiger partial charge >= 0.3 is 0 Å². The smallest absolute Gasteiger partial charge is 0.191 e. The van der Waals surface area contributed by atoms with Crippen molar-refractivity contribution in [3.05, 3.63) is 195 Å². The lowest BCUT2D eigenvalue weighted by Crippen LogP contribution is -2.78. The summed E-state index contributed by atoms with van der Waals surface area (Å²) in [5, 5.41) is -16.2. The molecule has 0 radical (unpaired) electrons. The van der Waals surface area contributed by atoms with Gasteiger partial charge < -0.3 is 4.90 Å². The molecule has 0 saturated heterocycles. The summed E-state index contributed by atoms with van der Waals surface area (Å²) in [6.45, 7) is 9.39. The van der Waals surface area contributed by atoms with Crippen LogP contribution in [0.2, 0.25) is 0 Å². The van der Waals surface area contributed by atoms with E-state index in [2.05, 4.69) is 49.9 Å². The van der Waals surface area contributed by atoms with E-state index in [1.165, 1.54) is 230 Å². The Morgan fingerprint density at radius 1 is 0.229 bits per heavy atom. The first kappa shape index (κ1) is 83.1. The SMILES string of the molecule is CCCCCCCCCCCCCCCCCCN(CCCCCCCCCCCCCCCCCC)c1ccccc1C.Fc1ccc2c([B-](c3c(F)c(F)c(F)c4c(F)c(F)ccc34)(c3c(F)c(F)c(F)c4c(F)c(F)ccc34)c3c(F)c(F)c(F)c4c(F)c(F)ccc34)c(F)c(F)c(F)c2c1F. The highest BCUT2D eigenvalue weighted by molar-refractivity contribution is 7.23. The zero-order chi connectivity index (χ0) is 76.2. The predicted molar refractivity (Wildman–Crippen MR) is 382 cm³/mol. The van der Waals surface area contributed by atoms with Gasteiger partial charge in [0.05, 0.1) is 21.5 Å². The topological polar surface area (TPSA) is 3.24 Å². The van der Waals surface area contributed by atoms with E-state index in [0.717, 1.165) is 0 Å². The van der Waals surface area contributed by atoms with Crippen LogP contribution in [0.3, 0.4) is 0 Å². The minimum Gasteiger partial charge on any atom is -0.371 e. The van der Waals surface area contributed by atoms with E-state index >= 15 is 70.2 Å². The van der Waals surface area contributed by atoms with Gasteiger partial charge in [0.25, 0.3) is 0 Å². The summed E-state index contributed by atoms with van der Waals surface area (Å²) in [7, 11) is 0. The van der Waals surface area contributed by atoms with Gasteiger partial charge in [-0.25, -0.2) is 87.8 Å². The van der Waals surface area contributed by atoms with Crippen LogP contribution in [0.15, 0.2) is 72.8 Å². The zero-order valence-corrected chi connectivity index (χ0v) is 59.6. The molecule has 0 aromatic heterocycles. The van der Waals surface area contributed by atoms with Gasteiger partial charge in [0.15, 0.2) is 93.1 Å². The molecular weight excluding hydrogens is 1400 g/mol. The van der Waals surface area contributed by atoms with Gasteiger partial charge in [-0.2, -0.15) is 0 Å². The van der Waals surface area contributed by atoms with Gasteiger partial charge in [-0.3, -0.25) is 0 Å². The summed E-state index contributed by atoms with van der Waals surface area (Å²) in [5.74, 6) is -54.8. The Hall–Kier alpha value is -7.52. The van der Waals surface area contributed by atoms with Gasteiger partial charge in [0.1, 0.15) is 29.4 Å². The number of anilines is 1. The summed E-state index contributed by atoms with van der Waals surface area (Å²) in [4.78, 5) is 2.71. The Labute approximate surface area is 601 Å². The second kappa shape index (κ2) is 39.4. The molecule has 9 rings (SSSR count). The van der Waals surface area contributed by atoms with E-state index in [0.29, 0.717) is 0 Å². The van der Waals surface area contributed by atoms with Crippen LogP contribution in [-0.2, 0) is 0 Å². The Kier molecular flexibility index (Phi) is 31.2. The molecule has 1 nitrogen and oxygen atoms in total. The number of unbranched alkanes of at least 4 members (excludes halogenated alkanes) is 30. The maximum absolute atomic E-state index is 17.3. The first-order valence-electron chi connectivity index (χ1n) is 37.2. The molecule has 0 fully saturated rings. The van der Waals surface area contributed by atoms with Crippen molar-refractivity contribution in [2.75, 3.05) is 18.0 Å². The normalized spacial score (nSPS) is 11.9. The van der Waals surface area contributed by atoms with E-state index in [9.17, 15) is 17.6 Å². The number of fused-ring (bicyclic) bond motifs is 4. The van der Waals surface area contributed by atoms with Crippen LogP contribution in [0.5, 0.6) is 0 Å². The lowest BCUT2D eigenvalue weighted by Gasteiger charge is -2.47. The molecule has 0 unspecified atom stereocenters. The number of hydrogen-bond acceptors (Lipinski definition) is 1. The van der Waals surface area contributed by atoms with Crippen molar-refractivity contribution in [1.82, 2.24) is 0 Å². The highest BCUT2D eigenvalue weighted by atomic mass is 19.2. The third kappa shape index (κ3) is 18.6. The standard InChI is InChI=1S/C43H81N.C40H8BF20/c1-4-6-8-10-12-14-16-18-20-22-24-26-28-30-32-36-40-44(43-39-35-34-38-42(43)3)41-37-33-31-29-27-25-23-21-19-17-15-13-11-9-7-5-2;42-13-5-1-9-17(25(13)46)29(50)37(58)33(54)21(9)41(22-10-2-6-14(43)26(47)18(10)30(51)38(59)34(22)55,23-11-3-7-15(44)27(48)19(11)31(52)39(60)35(23)56)24-12-4-8-16(45)28(49)20(12)32(53)40(61)36(24)57/h34-35,38-39H,4-33,36-37,40-41H2,1-3H3;1-8H/q;-1. The molecule has 0 N–H and O–H groups in total.